The number of carbonyl (C=O) groups excluding carboxylic acids is 1. The topological polar surface area (TPSA) is 29.5 Å². The standard InChI is InChI=1S/C6H11NO2/c1-9-4-6-2-3-7(6)5-8/h5-6H,2-4H2,1H3/t6-/m0/s1. The van der Waals surface area contributed by atoms with E-state index in [1.807, 2.05) is 0 Å². The molecule has 1 aliphatic rings. The van der Waals surface area contributed by atoms with Crippen molar-refractivity contribution in [2.45, 2.75) is 12.5 Å². The summed E-state index contributed by atoms with van der Waals surface area (Å²) < 4.78 is 4.88. The van der Waals surface area contributed by atoms with Crippen LogP contribution in [-0.4, -0.2) is 37.6 Å². The number of hydrogen-bond donors (Lipinski definition) is 0. The highest BCUT2D eigenvalue weighted by molar-refractivity contribution is 5.49. The Balaban J connectivity index is 2.18. The van der Waals surface area contributed by atoms with E-state index >= 15 is 0 Å². The summed E-state index contributed by atoms with van der Waals surface area (Å²) in [4.78, 5) is 11.9. The summed E-state index contributed by atoms with van der Waals surface area (Å²) in [5.41, 5.74) is 0. The maximum Gasteiger partial charge on any atom is 0.210 e. The largest absolute Gasteiger partial charge is 0.383 e. The van der Waals surface area contributed by atoms with Gasteiger partial charge in [-0.3, -0.25) is 4.79 Å². The SMILES string of the molecule is COC[C@@H]1CCN1C=O. The minimum Gasteiger partial charge on any atom is -0.383 e. The number of rotatable bonds is 3. The Morgan fingerprint density at radius 1 is 1.89 bits per heavy atom. The molecule has 0 N–H and O–H groups in total. The van der Waals surface area contributed by atoms with Gasteiger partial charge in [-0.1, -0.05) is 0 Å². The van der Waals surface area contributed by atoms with Gasteiger partial charge in [0.05, 0.1) is 12.6 Å². The van der Waals surface area contributed by atoms with Crippen LogP contribution in [0.4, 0.5) is 0 Å². The van der Waals surface area contributed by atoms with E-state index in [-0.39, 0.29) is 0 Å². The minimum atomic E-state index is 0.354. The van der Waals surface area contributed by atoms with Crippen LogP contribution in [0.2, 0.25) is 0 Å². The zero-order chi connectivity index (χ0) is 6.69. The number of likely N-dealkylation sites (tertiary alicyclic amines) is 1. The fourth-order valence-electron chi connectivity index (χ4n) is 0.971. The number of carbonyl (C=O) groups is 1. The van der Waals surface area contributed by atoms with Crippen molar-refractivity contribution in [3.05, 3.63) is 0 Å². The van der Waals surface area contributed by atoms with E-state index in [0.717, 1.165) is 19.4 Å². The molecule has 1 heterocycles. The van der Waals surface area contributed by atoms with Crippen molar-refractivity contribution >= 4 is 6.41 Å². The molecule has 0 aliphatic carbocycles. The van der Waals surface area contributed by atoms with Crippen LogP contribution in [0.15, 0.2) is 0 Å². The third kappa shape index (κ3) is 1.21. The van der Waals surface area contributed by atoms with E-state index in [1.54, 1.807) is 12.0 Å². The molecule has 0 radical (unpaired) electrons. The minimum absolute atomic E-state index is 0.354. The molecule has 0 aromatic rings. The first-order valence-electron chi connectivity index (χ1n) is 3.08. The van der Waals surface area contributed by atoms with Crippen LogP contribution in [0, 0.1) is 0 Å². The molecule has 1 amide bonds. The molecule has 0 spiro atoms. The molecular weight excluding hydrogens is 118 g/mol. The molecular formula is C6H11NO2. The first-order chi connectivity index (χ1) is 4.38. The third-order valence-corrected chi connectivity index (χ3v) is 1.68. The van der Waals surface area contributed by atoms with Crippen molar-refractivity contribution in [3.63, 3.8) is 0 Å². The summed E-state index contributed by atoms with van der Waals surface area (Å²) in [7, 11) is 1.65. The molecule has 0 aromatic carbocycles. The summed E-state index contributed by atoms with van der Waals surface area (Å²) in [6, 6.07) is 0.354. The second-order valence-corrected chi connectivity index (χ2v) is 2.24. The molecule has 52 valence electrons. The highest BCUT2D eigenvalue weighted by Crippen LogP contribution is 2.13. The number of amides is 1. The molecule has 0 saturated carbocycles. The fraction of sp³-hybridized carbons (Fsp3) is 0.833. The van der Waals surface area contributed by atoms with Gasteiger partial charge in [0.2, 0.25) is 6.41 Å². The lowest BCUT2D eigenvalue weighted by molar-refractivity contribution is -0.126. The van der Waals surface area contributed by atoms with Crippen molar-refractivity contribution in [1.82, 2.24) is 4.90 Å². The molecule has 3 heteroatoms. The van der Waals surface area contributed by atoms with Crippen LogP contribution in [-0.2, 0) is 9.53 Å². The van der Waals surface area contributed by atoms with Crippen molar-refractivity contribution in [2.75, 3.05) is 20.3 Å². The highest BCUT2D eigenvalue weighted by atomic mass is 16.5. The molecule has 1 saturated heterocycles. The van der Waals surface area contributed by atoms with Crippen molar-refractivity contribution < 1.29 is 9.53 Å². The normalized spacial score (nSPS) is 25.4. The number of methoxy groups -OCH3 is 1. The quantitative estimate of drug-likeness (QED) is 0.496. The lowest BCUT2D eigenvalue weighted by Crippen LogP contribution is -2.48. The van der Waals surface area contributed by atoms with Gasteiger partial charge < -0.3 is 9.64 Å². The van der Waals surface area contributed by atoms with Gasteiger partial charge in [0.15, 0.2) is 0 Å². The van der Waals surface area contributed by atoms with Crippen LogP contribution in [0.25, 0.3) is 0 Å². The summed E-state index contributed by atoms with van der Waals surface area (Å²) in [5, 5.41) is 0. The Labute approximate surface area is 54.6 Å². The maximum absolute atomic E-state index is 10.1. The Morgan fingerprint density at radius 2 is 2.67 bits per heavy atom. The summed E-state index contributed by atoms with van der Waals surface area (Å²) >= 11 is 0. The molecule has 0 bridgehead atoms. The maximum atomic E-state index is 10.1. The second-order valence-electron chi connectivity index (χ2n) is 2.24. The van der Waals surface area contributed by atoms with Gasteiger partial charge in [0.25, 0.3) is 0 Å². The molecule has 1 fully saturated rings. The lowest BCUT2D eigenvalue weighted by atomic mass is 10.1. The Kier molecular flexibility index (Phi) is 2.05. The molecule has 1 rings (SSSR count). The van der Waals surface area contributed by atoms with E-state index in [9.17, 15) is 4.79 Å². The number of hydrogen-bond acceptors (Lipinski definition) is 2. The van der Waals surface area contributed by atoms with E-state index in [1.165, 1.54) is 0 Å². The Bertz CT molecular complexity index is 105. The average Bonchev–Trinajstić information content (AvgIpc) is 1.82. The Hall–Kier alpha value is -0.570. The van der Waals surface area contributed by atoms with Gasteiger partial charge >= 0.3 is 0 Å². The fourth-order valence-corrected chi connectivity index (χ4v) is 0.971. The molecule has 0 aromatic heterocycles. The van der Waals surface area contributed by atoms with E-state index < -0.39 is 0 Å². The van der Waals surface area contributed by atoms with Crippen molar-refractivity contribution in [3.8, 4) is 0 Å². The first kappa shape index (κ1) is 6.55. The van der Waals surface area contributed by atoms with Crippen LogP contribution in [0.3, 0.4) is 0 Å². The zero-order valence-electron chi connectivity index (χ0n) is 5.54. The number of nitrogens with zero attached hydrogens (tertiary/aromatic N) is 1. The molecule has 0 unspecified atom stereocenters. The summed E-state index contributed by atoms with van der Waals surface area (Å²) in [6.45, 7) is 1.58. The predicted molar refractivity (Wildman–Crippen MR) is 33.1 cm³/mol. The van der Waals surface area contributed by atoms with Crippen molar-refractivity contribution in [2.24, 2.45) is 0 Å². The monoisotopic (exact) mass is 129 g/mol. The van der Waals surface area contributed by atoms with Gasteiger partial charge in [0.1, 0.15) is 0 Å². The third-order valence-electron chi connectivity index (χ3n) is 1.68. The van der Waals surface area contributed by atoms with Gasteiger partial charge in [-0.05, 0) is 6.42 Å². The molecule has 3 nitrogen and oxygen atoms in total. The molecule has 1 aliphatic heterocycles. The van der Waals surface area contributed by atoms with E-state index in [2.05, 4.69) is 0 Å². The lowest BCUT2D eigenvalue weighted by Gasteiger charge is -2.37. The van der Waals surface area contributed by atoms with Gasteiger partial charge in [-0.15, -0.1) is 0 Å². The smallest absolute Gasteiger partial charge is 0.210 e. The highest BCUT2D eigenvalue weighted by Gasteiger charge is 2.25. The van der Waals surface area contributed by atoms with Crippen molar-refractivity contribution in [1.29, 1.82) is 0 Å². The predicted octanol–water partition coefficient (Wildman–Crippen LogP) is -0.136. The molecule has 1 atom stereocenters. The summed E-state index contributed by atoms with van der Waals surface area (Å²) in [5.74, 6) is 0. The van der Waals surface area contributed by atoms with Crippen LogP contribution in [0.1, 0.15) is 6.42 Å². The van der Waals surface area contributed by atoms with Crippen LogP contribution in [0.5, 0.6) is 0 Å². The first-order valence-corrected chi connectivity index (χ1v) is 3.08. The van der Waals surface area contributed by atoms with E-state index in [0.29, 0.717) is 12.6 Å². The molecule has 9 heavy (non-hydrogen) atoms. The van der Waals surface area contributed by atoms with Crippen LogP contribution >= 0.6 is 0 Å². The van der Waals surface area contributed by atoms with Crippen LogP contribution < -0.4 is 0 Å². The second kappa shape index (κ2) is 2.82. The van der Waals surface area contributed by atoms with Gasteiger partial charge in [0, 0.05) is 13.7 Å². The average molecular weight is 129 g/mol. The number of ether oxygens (including phenoxy) is 1. The zero-order valence-corrected chi connectivity index (χ0v) is 5.54. The van der Waals surface area contributed by atoms with Gasteiger partial charge in [-0.2, -0.15) is 0 Å². The Morgan fingerprint density at radius 3 is 3.00 bits per heavy atom. The van der Waals surface area contributed by atoms with Gasteiger partial charge in [-0.25, -0.2) is 0 Å². The summed E-state index contributed by atoms with van der Waals surface area (Å²) in [6.07, 6.45) is 1.97. The van der Waals surface area contributed by atoms with E-state index in [4.69, 9.17) is 4.74 Å².